The molecule has 0 spiro atoms. The van der Waals surface area contributed by atoms with Crippen LogP contribution in [0.15, 0.2) is 65.6 Å². The number of anilines is 3. The Morgan fingerprint density at radius 1 is 0.941 bits per heavy atom. The Kier molecular flexibility index (Phi) is 5.51. The molecule has 0 aliphatic carbocycles. The number of amides is 1. The summed E-state index contributed by atoms with van der Waals surface area (Å²) in [5.41, 5.74) is -3.59. The fraction of sp³-hybridized carbons (Fsp3) is 0.136. The number of hydrogen-bond acceptors (Lipinski definition) is 5. The van der Waals surface area contributed by atoms with E-state index in [0.717, 1.165) is 42.7 Å². The molecular weight excluding hydrogens is 481 g/mol. The molecule has 12 heteroatoms. The highest BCUT2D eigenvalue weighted by Crippen LogP contribution is 2.49. The summed E-state index contributed by atoms with van der Waals surface area (Å²) in [6.07, 6.45) is -3.93. The average Bonchev–Trinajstić information content (AvgIpc) is 3.16. The summed E-state index contributed by atoms with van der Waals surface area (Å²) < 4.78 is 93.4. The van der Waals surface area contributed by atoms with Crippen LogP contribution >= 0.6 is 0 Å². The van der Waals surface area contributed by atoms with E-state index in [4.69, 9.17) is 0 Å². The van der Waals surface area contributed by atoms with Crippen LogP contribution in [0, 0.1) is 11.6 Å². The maximum Gasteiger partial charge on any atom is 0.434 e. The number of alkyl halides is 3. The Morgan fingerprint density at radius 2 is 1.59 bits per heavy atom. The van der Waals surface area contributed by atoms with Crippen molar-refractivity contribution >= 4 is 32.8 Å². The lowest BCUT2D eigenvalue weighted by Crippen LogP contribution is -2.52. The van der Waals surface area contributed by atoms with Crippen LogP contribution < -0.4 is 16.0 Å². The van der Waals surface area contributed by atoms with Gasteiger partial charge in [-0.05, 0) is 42.5 Å². The highest BCUT2D eigenvalue weighted by atomic mass is 32.2. The van der Waals surface area contributed by atoms with Crippen molar-refractivity contribution in [2.45, 2.75) is 16.7 Å². The summed E-state index contributed by atoms with van der Waals surface area (Å²) in [6.45, 7) is 0. The van der Waals surface area contributed by atoms with Gasteiger partial charge >= 0.3 is 6.18 Å². The van der Waals surface area contributed by atoms with E-state index in [2.05, 4.69) is 16.0 Å². The lowest BCUT2D eigenvalue weighted by Gasteiger charge is -2.33. The molecule has 34 heavy (non-hydrogen) atoms. The fourth-order valence-corrected chi connectivity index (χ4v) is 4.18. The van der Waals surface area contributed by atoms with Crippen molar-refractivity contribution in [1.82, 2.24) is 0 Å². The summed E-state index contributed by atoms with van der Waals surface area (Å²) in [4.78, 5) is 12.1. The zero-order chi connectivity index (χ0) is 24.9. The molecule has 0 aromatic heterocycles. The fourth-order valence-electron chi connectivity index (χ4n) is 3.53. The van der Waals surface area contributed by atoms with Crippen molar-refractivity contribution in [2.24, 2.45) is 0 Å². The quantitative estimate of drug-likeness (QED) is 0.448. The number of rotatable bonds is 4. The summed E-state index contributed by atoms with van der Waals surface area (Å²) in [5.74, 6) is -3.54. The van der Waals surface area contributed by atoms with Gasteiger partial charge < -0.3 is 16.0 Å². The van der Waals surface area contributed by atoms with Crippen molar-refractivity contribution < 1.29 is 35.2 Å². The van der Waals surface area contributed by atoms with Gasteiger partial charge in [0.05, 0.1) is 21.8 Å². The normalized spacial score (nSPS) is 17.5. The predicted molar refractivity (Wildman–Crippen MR) is 115 cm³/mol. The van der Waals surface area contributed by atoms with Crippen molar-refractivity contribution in [3.05, 3.63) is 83.4 Å². The van der Waals surface area contributed by atoms with Crippen LogP contribution in [0.5, 0.6) is 0 Å². The minimum absolute atomic E-state index is 0.0451. The molecule has 0 saturated heterocycles. The Balaban J connectivity index is 1.64. The molecule has 3 N–H and O–H groups in total. The van der Waals surface area contributed by atoms with E-state index in [-0.39, 0.29) is 27.5 Å². The van der Waals surface area contributed by atoms with Gasteiger partial charge in [0.2, 0.25) is 5.66 Å². The number of halogens is 5. The third kappa shape index (κ3) is 4.04. The van der Waals surface area contributed by atoms with E-state index >= 15 is 0 Å². The highest BCUT2D eigenvalue weighted by Gasteiger charge is 2.59. The second kappa shape index (κ2) is 7.97. The molecule has 0 saturated carbocycles. The van der Waals surface area contributed by atoms with Gasteiger partial charge in [0.25, 0.3) is 5.91 Å². The standard InChI is InChI=1S/C22H16F5N3O3S/c1-34(32,33)14-9-10-17-18(11-14)30-21(29-17,22(25,26)27)12-5-7-13(8-6-12)28-20(31)15-3-2-4-16(23)19(15)24/h2-11,29-30H,1H3,(H,28,31). The molecule has 1 aliphatic heterocycles. The zero-order valence-corrected chi connectivity index (χ0v) is 18.1. The lowest BCUT2D eigenvalue weighted by molar-refractivity contribution is -0.172. The summed E-state index contributed by atoms with van der Waals surface area (Å²) in [7, 11) is -3.65. The van der Waals surface area contributed by atoms with Crippen LogP contribution in [-0.2, 0) is 15.5 Å². The first-order valence-electron chi connectivity index (χ1n) is 9.65. The smallest absolute Gasteiger partial charge is 0.350 e. The van der Waals surface area contributed by atoms with Gasteiger partial charge in [0.1, 0.15) is 0 Å². The number of benzene rings is 3. The van der Waals surface area contributed by atoms with Crippen molar-refractivity contribution in [3.63, 3.8) is 0 Å². The van der Waals surface area contributed by atoms with Gasteiger partial charge in [-0.3, -0.25) is 4.79 Å². The molecule has 0 bridgehead atoms. The van der Waals surface area contributed by atoms with Crippen LogP contribution in [0.25, 0.3) is 0 Å². The molecule has 1 aliphatic rings. The summed E-state index contributed by atoms with van der Waals surface area (Å²) in [6, 6.07) is 11.1. The maximum atomic E-state index is 14.2. The number of carbonyl (C=O) groups excluding carboxylic acids is 1. The molecule has 6 nitrogen and oxygen atoms in total. The van der Waals surface area contributed by atoms with Crippen molar-refractivity contribution in [3.8, 4) is 0 Å². The van der Waals surface area contributed by atoms with Crippen molar-refractivity contribution in [2.75, 3.05) is 22.2 Å². The molecule has 3 aromatic carbocycles. The van der Waals surface area contributed by atoms with E-state index in [1.807, 2.05) is 0 Å². The average molecular weight is 497 g/mol. The van der Waals surface area contributed by atoms with E-state index in [1.165, 1.54) is 24.3 Å². The lowest BCUT2D eigenvalue weighted by atomic mass is 9.99. The summed E-state index contributed by atoms with van der Waals surface area (Å²) in [5, 5.41) is 7.01. The molecule has 3 aromatic rings. The Bertz CT molecular complexity index is 1390. The number of carbonyl (C=O) groups is 1. The van der Waals surface area contributed by atoms with Crippen LogP contribution in [0.3, 0.4) is 0 Å². The monoisotopic (exact) mass is 497 g/mol. The van der Waals surface area contributed by atoms with E-state index < -0.39 is 44.8 Å². The molecule has 1 unspecified atom stereocenters. The molecule has 178 valence electrons. The van der Waals surface area contributed by atoms with Crippen LogP contribution in [0.1, 0.15) is 15.9 Å². The first kappa shape index (κ1) is 23.5. The number of hydrogen-bond donors (Lipinski definition) is 3. The van der Waals surface area contributed by atoms with Gasteiger partial charge in [-0.25, -0.2) is 17.2 Å². The molecule has 0 fully saturated rings. The minimum Gasteiger partial charge on any atom is -0.350 e. The van der Waals surface area contributed by atoms with Crippen LogP contribution in [-0.4, -0.2) is 26.8 Å². The number of fused-ring (bicyclic) bond motifs is 1. The molecule has 1 atom stereocenters. The predicted octanol–water partition coefficient (Wildman–Crippen LogP) is 4.87. The second-order valence-corrected chi connectivity index (χ2v) is 9.63. The van der Waals surface area contributed by atoms with E-state index in [9.17, 15) is 35.2 Å². The van der Waals surface area contributed by atoms with E-state index in [1.54, 1.807) is 0 Å². The summed E-state index contributed by atoms with van der Waals surface area (Å²) >= 11 is 0. The number of nitrogens with one attached hydrogen (secondary N) is 3. The molecule has 0 radical (unpaired) electrons. The SMILES string of the molecule is CS(=O)(=O)c1ccc2c(c1)NC(c1ccc(NC(=O)c3cccc(F)c3F)cc1)(C(F)(F)F)N2. The Hall–Kier alpha value is -3.67. The first-order chi connectivity index (χ1) is 15.8. The van der Waals surface area contributed by atoms with Gasteiger partial charge in [0, 0.05) is 17.5 Å². The topological polar surface area (TPSA) is 87.3 Å². The molecule has 1 heterocycles. The third-order valence-electron chi connectivity index (χ3n) is 5.26. The minimum atomic E-state index is -4.87. The van der Waals surface area contributed by atoms with Gasteiger partial charge in [-0.2, -0.15) is 13.2 Å². The number of sulfone groups is 1. The van der Waals surface area contributed by atoms with Crippen molar-refractivity contribution in [1.29, 1.82) is 0 Å². The van der Waals surface area contributed by atoms with Crippen LogP contribution in [0.2, 0.25) is 0 Å². The van der Waals surface area contributed by atoms with Gasteiger partial charge in [-0.1, -0.05) is 18.2 Å². The van der Waals surface area contributed by atoms with Gasteiger partial charge in [-0.15, -0.1) is 0 Å². The molecular formula is C22H16F5N3O3S. The second-order valence-electron chi connectivity index (χ2n) is 7.61. The first-order valence-corrected chi connectivity index (χ1v) is 11.5. The largest absolute Gasteiger partial charge is 0.434 e. The van der Waals surface area contributed by atoms with Gasteiger partial charge in [0.15, 0.2) is 21.5 Å². The maximum absolute atomic E-state index is 14.2. The Morgan fingerprint density at radius 3 is 2.21 bits per heavy atom. The molecule has 4 rings (SSSR count). The zero-order valence-electron chi connectivity index (χ0n) is 17.3. The Labute approximate surface area is 190 Å². The van der Waals surface area contributed by atoms with E-state index in [0.29, 0.717) is 0 Å². The third-order valence-corrected chi connectivity index (χ3v) is 6.37. The molecule has 1 amide bonds. The highest BCUT2D eigenvalue weighted by molar-refractivity contribution is 7.90. The van der Waals surface area contributed by atoms with Crippen LogP contribution in [0.4, 0.5) is 39.0 Å².